The van der Waals surface area contributed by atoms with Crippen LogP contribution < -0.4 is 68.9 Å². The van der Waals surface area contributed by atoms with Gasteiger partial charge in [-0.1, -0.05) is 6.42 Å². The number of rotatable bonds is 4. The van der Waals surface area contributed by atoms with Gasteiger partial charge in [0.05, 0.1) is 0 Å². The van der Waals surface area contributed by atoms with Crippen molar-refractivity contribution >= 4 is 15.2 Å². The molecule has 106 valence electrons. The minimum atomic E-state index is -5.60. The minimum Gasteiger partial charge on any atom is -0.776 e. The fraction of sp³-hybridized carbons (Fsp3) is 1.00. The van der Waals surface area contributed by atoms with Crippen molar-refractivity contribution in [2.75, 3.05) is 0 Å². The molecule has 5 atom stereocenters. The van der Waals surface area contributed by atoms with Crippen molar-refractivity contribution in [1.29, 1.82) is 0 Å². The Labute approximate surface area is 161 Å². The summed E-state index contributed by atoms with van der Waals surface area (Å²) >= 11 is 0. The molecule has 0 radical (unpaired) electrons. The Bertz CT molecular complexity index is 412. The van der Waals surface area contributed by atoms with Crippen LogP contribution in [0.3, 0.4) is 0 Å². The van der Waals surface area contributed by atoms with Crippen LogP contribution >= 0.6 is 15.2 Å². The molecular weight excluding hydrogens is 328 g/mol. The summed E-state index contributed by atoms with van der Waals surface area (Å²) in [4.78, 5) is 40.0. The molecule has 0 aromatic rings. The van der Waals surface area contributed by atoms with Crippen LogP contribution in [0.2, 0.25) is 0 Å². The second-order valence-electron chi connectivity index (χ2n) is 5.45. The predicted molar refractivity (Wildman–Crippen MR) is 58.2 cm³/mol. The molecule has 20 heavy (non-hydrogen) atoms. The Morgan fingerprint density at radius 3 is 1.85 bits per heavy atom. The van der Waals surface area contributed by atoms with Gasteiger partial charge >= 0.3 is 59.1 Å². The van der Waals surface area contributed by atoms with Crippen LogP contribution in [0.5, 0.6) is 0 Å². The largest absolute Gasteiger partial charge is 1.00 e. The van der Waals surface area contributed by atoms with E-state index in [0.717, 1.165) is 19.3 Å². The molecule has 2 fully saturated rings. The van der Waals surface area contributed by atoms with Gasteiger partial charge in [0, 0.05) is 0 Å². The molecule has 0 aliphatic heterocycles. The molecule has 0 amide bonds. The van der Waals surface area contributed by atoms with E-state index in [1.54, 1.807) is 0 Å². The Balaban J connectivity index is 0.00000180. The SMILES string of the molecule is O=P([O-])(O)C(O)(CC1CC2CCC1C2)P(=O)([O-])O.[Na+].[Na+]. The maximum absolute atomic E-state index is 11.1. The quantitative estimate of drug-likeness (QED) is 0.340. The first-order chi connectivity index (χ1) is 8.04. The van der Waals surface area contributed by atoms with E-state index in [2.05, 4.69) is 0 Å². The van der Waals surface area contributed by atoms with Gasteiger partial charge in [0.1, 0.15) is 0 Å². The monoisotopic (exact) mass is 344 g/mol. The van der Waals surface area contributed by atoms with Gasteiger partial charge in [0.2, 0.25) is 0 Å². The van der Waals surface area contributed by atoms with Crippen LogP contribution in [0.25, 0.3) is 0 Å². The van der Waals surface area contributed by atoms with Crippen molar-refractivity contribution in [3.63, 3.8) is 0 Å². The molecule has 11 heteroatoms. The molecule has 0 spiro atoms. The van der Waals surface area contributed by atoms with E-state index < -0.39 is 26.7 Å². The van der Waals surface area contributed by atoms with Gasteiger partial charge in [-0.2, -0.15) is 0 Å². The van der Waals surface area contributed by atoms with E-state index >= 15 is 0 Å². The summed E-state index contributed by atoms with van der Waals surface area (Å²) < 4.78 is 22.2. The summed E-state index contributed by atoms with van der Waals surface area (Å²) in [5.74, 6) is 0.302. The molecule has 0 aromatic carbocycles. The summed E-state index contributed by atoms with van der Waals surface area (Å²) in [7, 11) is -11.2. The third-order valence-corrected chi connectivity index (χ3v) is 8.02. The number of aliphatic hydroxyl groups is 1. The van der Waals surface area contributed by atoms with Gasteiger partial charge in [0.15, 0.2) is 20.3 Å². The molecule has 7 nitrogen and oxygen atoms in total. The molecule has 2 aliphatic carbocycles. The van der Waals surface area contributed by atoms with Crippen LogP contribution in [0.4, 0.5) is 0 Å². The smallest absolute Gasteiger partial charge is 0.776 e. The Kier molecular flexibility index (Phi) is 8.27. The van der Waals surface area contributed by atoms with Crippen molar-refractivity contribution in [2.45, 2.75) is 37.2 Å². The average molecular weight is 344 g/mol. The van der Waals surface area contributed by atoms with Gasteiger partial charge in [-0.15, -0.1) is 0 Å². The molecule has 2 bridgehead atoms. The Morgan fingerprint density at radius 1 is 1.05 bits per heavy atom. The molecule has 3 N–H and O–H groups in total. The fourth-order valence-corrected chi connectivity index (χ4v) is 5.58. The van der Waals surface area contributed by atoms with Crippen molar-refractivity contribution in [3.05, 3.63) is 0 Å². The second-order valence-corrected chi connectivity index (χ2v) is 9.37. The predicted octanol–water partition coefficient (Wildman–Crippen LogP) is -6.44. The maximum Gasteiger partial charge on any atom is 1.00 e. The first-order valence-corrected chi connectivity index (χ1v) is 9.00. The van der Waals surface area contributed by atoms with Gasteiger partial charge in [-0.05, 0) is 43.4 Å². The van der Waals surface area contributed by atoms with Crippen LogP contribution in [-0.4, -0.2) is 20.0 Å². The summed E-state index contributed by atoms with van der Waals surface area (Å²) in [5.41, 5.74) is 0. The van der Waals surface area contributed by atoms with E-state index in [4.69, 9.17) is 9.79 Å². The number of hydrogen-bond donors (Lipinski definition) is 3. The summed E-state index contributed by atoms with van der Waals surface area (Å²) in [6.45, 7) is 0. The van der Waals surface area contributed by atoms with Gasteiger partial charge in [-0.3, -0.25) is 0 Å². The molecule has 0 aromatic heterocycles. The molecule has 2 aliphatic rings. The van der Waals surface area contributed by atoms with E-state index in [1.807, 2.05) is 0 Å². The van der Waals surface area contributed by atoms with E-state index in [-0.39, 0.29) is 71.0 Å². The van der Waals surface area contributed by atoms with E-state index in [0.29, 0.717) is 12.3 Å². The molecular formula is C9H16Na2O7P2. The second kappa shape index (κ2) is 7.43. The van der Waals surface area contributed by atoms with Gasteiger partial charge in [-0.25, -0.2) is 0 Å². The number of hydrogen-bond acceptors (Lipinski definition) is 5. The Hall–Kier alpha value is 2.26. The van der Waals surface area contributed by atoms with Gasteiger partial charge in [0.25, 0.3) is 0 Å². The van der Waals surface area contributed by atoms with Gasteiger partial charge < -0.3 is 33.8 Å². The minimum absolute atomic E-state index is 0. The van der Waals surface area contributed by atoms with Crippen molar-refractivity contribution < 1.29 is 92.9 Å². The zero-order chi connectivity index (χ0) is 13.8. The Morgan fingerprint density at radius 2 is 1.55 bits per heavy atom. The van der Waals surface area contributed by atoms with Crippen LogP contribution in [0.1, 0.15) is 32.1 Å². The van der Waals surface area contributed by atoms with Crippen LogP contribution in [0, 0.1) is 17.8 Å². The van der Waals surface area contributed by atoms with Crippen LogP contribution in [0.15, 0.2) is 0 Å². The van der Waals surface area contributed by atoms with Crippen molar-refractivity contribution in [3.8, 4) is 0 Å². The third kappa shape index (κ3) is 4.21. The molecule has 5 unspecified atom stereocenters. The standard InChI is InChI=1S/C9H18O7P2.2Na/c10-9(17(11,12)13,18(14,15)16)5-8-4-6-1-2-7(8)3-6;;/h6-8,10H,1-5H2,(H2,11,12,13)(H2,14,15,16);;/q;2*+1/p-2. The summed E-state index contributed by atoms with van der Waals surface area (Å²) in [6.07, 6.45) is 2.77. The van der Waals surface area contributed by atoms with Crippen molar-refractivity contribution in [1.82, 2.24) is 0 Å². The first kappa shape index (κ1) is 22.3. The van der Waals surface area contributed by atoms with E-state index in [9.17, 15) is 24.0 Å². The average Bonchev–Trinajstić information content (AvgIpc) is 2.75. The molecule has 2 rings (SSSR count). The summed E-state index contributed by atoms with van der Waals surface area (Å²) in [5, 5.41) is 6.27. The zero-order valence-corrected chi connectivity index (χ0v) is 17.4. The first-order valence-electron chi connectivity index (χ1n) is 5.85. The normalized spacial score (nSPS) is 37.0. The maximum atomic E-state index is 11.1. The zero-order valence-electron chi connectivity index (χ0n) is 11.6. The molecule has 0 saturated heterocycles. The molecule has 2 saturated carbocycles. The fourth-order valence-electron chi connectivity index (χ4n) is 3.37. The third-order valence-electron chi connectivity index (χ3n) is 4.33. The van der Waals surface area contributed by atoms with Crippen LogP contribution in [-0.2, 0) is 9.13 Å². The van der Waals surface area contributed by atoms with E-state index in [1.165, 1.54) is 0 Å². The number of fused-ring (bicyclic) bond motifs is 2. The summed E-state index contributed by atoms with van der Waals surface area (Å²) in [6, 6.07) is 0. The molecule has 0 heterocycles. The topological polar surface area (TPSA) is 141 Å². The van der Waals surface area contributed by atoms with Crippen molar-refractivity contribution in [2.24, 2.45) is 17.8 Å².